The number of nitrogens with two attached hydrogens (primary N) is 1. The molecular formula is C26H26Cl2N2O3S. The number of amides is 2. The molecule has 4 rings (SSSR count). The maximum absolute atomic E-state index is 12.6. The summed E-state index contributed by atoms with van der Waals surface area (Å²) in [5, 5.41) is 4.37. The molecule has 2 amide bonds. The van der Waals surface area contributed by atoms with Gasteiger partial charge in [-0.25, -0.2) is 0 Å². The van der Waals surface area contributed by atoms with E-state index in [1.165, 1.54) is 17.4 Å². The van der Waals surface area contributed by atoms with E-state index in [1.54, 1.807) is 36.4 Å². The molecule has 1 aliphatic carbocycles. The van der Waals surface area contributed by atoms with Crippen molar-refractivity contribution in [3.63, 3.8) is 0 Å². The maximum atomic E-state index is 12.6. The third kappa shape index (κ3) is 5.40. The maximum Gasteiger partial charge on any atom is 0.251 e. The lowest BCUT2D eigenvalue weighted by atomic mass is 9.72. The SMILES string of the molecule is CC(C)(C)[C@@H]1CCc2c(sc(NC(=O)/C=C/c3ccc(-c4cc(Cl)cc(Cl)c4)o3)c2C(N)=O)C1. The minimum absolute atomic E-state index is 0.180. The van der Waals surface area contributed by atoms with Crippen LogP contribution in [0.25, 0.3) is 17.4 Å². The van der Waals surface area contributed by atoms with Crippen molar-refractivity contribution in [2.24, 2.45) is 17.1 Å². The van der Waals surface area contributed by atoms with Gasteiger partial charge in [-0.1, -0.05) is 44.0 Å². The zero-order chi connectivity index (χ0) is 24.6. The van der Waals surface area contributed by atoms with E-state index in [4.69, 9.17) is 33.4 Å². The molecule has 1 aromatic carbocycles. The van der Waals surface area contributed by atoms with E-state index in [0.717, 1.165) is 35.3 Å². The van der Waals surface area contributed by atoms with Crippen LogP contribution in [0.15, 0.2) is 40.8 Å². The Morgan fingerprint density at radius 1 is 1.18 bits per heavy atom. The van der Waals surface area contributed by atoms with Crippen molar-refractivity contribution in [1.29, 1.82) is 0 Å². The Bertz CT molecular complexity index is 1260. The summed E-state index contributed by atoms with van der Waals surface area (Å²) in [4.78, 5) is 26.0. The summed E-state index contributed by atoms with van der Waals surface area (Å²) in [5.41, 5.74) is 8.03. The van der Waals surface area contributed by atoms with Crippen molar-refractivity contribution >= 4 is 57.4 Å². The standard InChI is InChI=1S/C26H26Cl2N2O3S/c1-26(2,3)15-4-7-19-21(12-15)34-25(23(19)24(29)32)30-22(31)9-6-18-5-8-20(33-18)14-10-16(27)13-17(28)11-14/h5-6,8-11,13,15H,4,7,12H2,1-3H3,(H2,29,32)(H,30,31)/b9-6+/t15-/m1/s1. The summed E-state index contributed by atoms with van der Waals surface area (Å²) in [6.45, 7) is 6.71. The van der Waals surface area contributed by atoms with Crippen LogP contribution in [0.2, 0.25) is 10.0 Å². The molecule has 34 heavy (non-hydrogen) atoms. The molecular weight excluding hydrogens is 491 g/mol. The highest BCUT2D eigenvalue weighted by atomic mass is 35.5. The molecule has 0 bridgehead atoms. The minimum atomic E-state index is -0.512. The van der Waals surface area contributed by atoms with Crippen LogP contribution in [-0.4, -0.2) is 11.8 Å². The van der Waals surface area contributed by atoms with Crippen molar-refractivity contribution in [3.05, 3.63) is 68.2 Å². The highest BCUT2D eigenvalue weighted by molar-refractivity contribution is 7.17. The largest absolute Gasteiger partial charge is 0.457 e. The zero-order valence-electron chi connectivity index (χ0n) is 19.2. The van der Waals surface area contributed by atoms with Crippen LogP contribution in [0, 0.1) is 11.3 Å². The quantitative estimate of drug-likeness (QED) is 0.351. The zero-order valence-corrected chi connectivity index (χ0v) is 21.5. The lowest BCUT2D eigenvalue weighted by molar-refractivity contribution is -0.111. The summed E-state index contributed by atoms with van der Waals surface area (Å²) in [7, 11) is 0. The third-order valence-electron chi connectivity index (χ3n) is 6.15. The molecule has 0 saturated carbocycles. The molecule has 1 atom stereocenters. The van der Waals surface area contributed by atoms with Gasteiger partial charge in [-0.15, -0.1) is 11.3 Å². The van der Waals surface area contributed by atoms with Crippen LogP contribution in [0.5, 0.6) is 0 Å². The Kier molecular flexibility index (Phi) is 6.94. The number of primary amides is 1. The first-order valence-corrected chi connectivity index (χ1v) is 12.6. The molecule has 1 aliphatic rings. The number of thiophene rings is 1. The average molecular weight is 517 g/mol. The minimum Gasteiger partial charge on any atom is -0.457 e. The first-order valence-electron chi connectivity index (χ1n) is 11.0. The number of carbonyl (C=O) groups excluding carboxylic acids is 2. The van der Waals surface area contributed by atoms with E-state index in [1.807, 2.05) is 0 Å². The van der Waals surface area contributed by atoms with E-state index < -0.39 is 5.91 Å². The smallest absolute Gasteiger partial charge is 0.251 e. The van der Waals surface area contributed by atoms with Gasteiger partial charge in [-0.05, 0) is 72.6 Å². The molecule has 0 fully saturated rings. The van der Waals surface area contributed by atoms with Crippen molar-refractivity contribution in [3.8, 4) is 11.3 Å². The van der Waals surface area contributed by atoms with Crippen molar-refractivity contribution in [1.82, 2.24) is 0 Å². The molecule has 0 saturated heterocycles. The fourth-order valence-corrected chi connectivity index (χ4v) is 6.14. The van der Waals surface area contributed by atoms with Gasteiger partial charge in [0.25, 0.3) is 5.91 Å². The van der Waals surface area contributed by atoms with Gasteiger partial charge < -0.3 is 15.5 Å². The Morgan fingerprint density at radius 3 is 2.53 bits per heavy atom. The molecule has 3 N–H and O–H groups in total. The number of furan rings is 1. The van der Waals surface area contributed by atoms with Gasteiger partial charge in [0.2, 0.25) is 5.91 Å². The number of rotatable bonds is 5. The van der Waals surface area contributed by atoms with Gasteiger partial charge in [0.15, 0.2) is 0 Å². The molecule has 178 valence electrons. The summed E-state index contributed by atoms with van der Waals surface area (Å²) in [6.07, 6.45) is 5.62. The normalized spacial score (nSPS) is 16.0. The molecule has 3 aromatic rings. The number of halogens is 2. The van der Waals surface area contributed by atoms with Gasteiger partial charge in [-0.2, -0.15) is 0 Å². The van der Waals surface area contributed by atoms with Crippen molar-refractivity contribution in [2.75, 3.05) is 5.32 Å². The number of fused-ring (bicyclic) bond motifs is 1. The molecule has 2 aromatic heterocycles. The fraction of sp³-hybridized carbons (Fsp3) is 0.308. The van der Waals surface area contributed by atoms with E-state index in [0.29, 0.717) is 38.0 Å². The van der Waals surface area contributed by atoms with Crippen LogP contribution < -0.4 is 11.1 Å². The van der Waals surface area contributed by atoms with Crippen LogP contribution in [0.1, 0.15) is 53.8 Å². The molecule has 0 radical (unpaired) electrons. The monoisotopic (exact) mass is 516 g/mol. The molecule has 0 unspecified atom stereocenters. The number of hydrogen-bond donors (Lipinski definition) is 2. The van der Waals surface area contributed by atoms with Crippen LogP contribution >= 0.6 is 34.5 Å². The van der Waals surface area contributed by atoms with Crippen LogP contribution in [-0.2, 0) is 17.6 Å². The van der Waals surface area contributed by atoms with Crippen LogP contribution in [0.4, 0.5) is 5.00 Å². The topological polar surface area (TPSA) is 85.3 Å². The van der Waals surface area contributed by atoms with E-state index in [9.17, 15) is 9.59 Å². The second kappa shape index (κ2) is 9.61. The number of anilines is 1. The van der Waals surface area contributed by atoms with Crippen LogP contribution in [0.3, 0.4) is 0 Å². The van der Waals surface area contributed by atoms with Gasteiger partial charge in [0, 0.05) is 26.6 Å². The van der Waals surface area contributed by atoms with Crippen molar-refractivity contribution in [2.45, 2.75) is 40.0 Å². The first kappa shape index (κ1) is 24.6. The summed E-state index contributed by atoms with van der Waals surface area (Å²) in [5.74, 6) is 0.721. The van der Waals surface area contributed by atoms with Gasteiger partial charge in [0.05, 0.1) is 5.56 Å². The lowest BCUT2D eigenvalue weighted by Crippen LogP contribution is -2.27. The Hall–Kier alpha value is -2.54. The van der Waals surface area contributed by atoms with E-state index in [-0.39, 0.29) is 11.3 Å². The molecule has 2 heterocycles. The summed E-state index contributed by atoms with van der Waals surface area (Å²) >= 11 is 13.6. The first-order chi connectivity index (χ1) is 16.0. The second-order valence-electron chi connectivity index (χ2n) is 9.56. The summed E-state index contributed by atoms with van der Waals surface area (Å²) < 4.78 is 5.80. The van der Waals surface area contributed by atoms with Gasteiger partial charge in [-0.3, -0.25) is 9.59 Å². The summed E-state index contributed by atoms with van der Waals surface area (Å²) in [6, 6.07) is 8.68. The Morgan fingerprint density at radius 2 is 1.88 bits per heavy atom. The fourth-order valence-electron chi connectivity index (χ4n) is 4.28. The van der Waals surface area contributed by atoms with E-state index in [2.05, 4.69) is 26.1 Å². The molecule has 8 heteroatoms. The predicted octanol–water partition coefficient (Wildman–Crippen LogP) is 7.22. The van der Waals surface area contributed by atoms with Gasteiger partial charge in [0.1, 0.15) is 16.5 Å². The number of hydrogen-bond acceptors (Lipinski definition) is 4. The third-order valence-corrected chi connectivity index (χ3v) is 7.75. The number of carbonyl (C=O) groups is 2. The second-order valence-corrected chi connectivity index (χ2v) is 11.5. The Balaban J connectivity index is 1.50. The highest BCUT2D eigenvalue weighted by Crippen LogP contribution is 2.44. The Labute approximate surface area is 212 Å². The lowest BCUT2D eigenvalue weighted by Gasteiger charge is -2.33. The highest BCUT2D eigenvalue weighted by Gasteiger charge is 2.33. The van der Waals surface area contributed by atoms with Gasteiger partial charge >= 0.3 is 0 Å². The molecule has 5 nitrogen and oxygen atoms in total. The number of benzene rings is 1. The predicted molar refractivity (Wildman–Crippen MR) is 140 cm³/mol. The molecule has 0 spiro atoms. The van der Waals surface area contributed by atoms with Crippen molar-refractivity contribution < 1.29 is 14.0 Å². The number of nitrogens with one attached hydrogen (secondary N) is 1. The average Bonchev–Trinajstić information content (AvgIpc) is 3.34. The molecule has 0 aliphatic heterocycles. The van der Waals surface area contributed by atoms with E-state index >= 15 is 0 Å².